The molecule has 0 aliphatic heterocycles. The highest BCUT2D eigenvalue weighted by molar-refractivity contribution is 7.07. The van der Waals surface area contributed by atoms with E-state index in [1.807, 2.05) is 11.8 Å². The van der Waals surface area contributed by atoms with Gasteiger partial charge in [-0.05, 0) is 80.9 Å². The van der Waals surface area contributed by atoms with Gasteiger partial charge in [0.15, 0.2) is 6.61 Å². The molecular formula is C26H31FN2O4S. The van der Waals surface area contributed by atoms with Gasteiger partial charge in [0.05, 0.1) is 6.42 Å². The number of aryl methyl sites for hydroxylation is 1. The van der Waals surface area contributed by atoms with Crippen LogP contribution >= 0.6 is 11.3 Å². The fourth-order valence-electron chi connectivity index (χ4n) is 6.86. The lowest BCUT2D eigenvalue weighted by Gasteiger charge is -2.60. The Kier molecular flexibility index (Phi) is 6.35. The van der Waals surface area contributed by atoms with Gasteiger partial charge in [0.25, 0.3) is 5.91 Å². The summed E-state index contributed by atoms with van der Waals surface area (Å²) < 4.78 is 20.4. The highest BCUT2D eigenvalue weighted by Gasteiger charge is 2.54. The van der Waals surface area contributed by atoms with Crippen LogP contribution in [0.5, 0.6) is 0 Å². The molecule has 0 radical (unpaired) electrons. The molecule has 0 unspecified atom stereocenters. The van der Waals surface area contributed by atoms with Gasteiger partial charge in [0.2, 0.25) is 0 Å². The van der Waals surface area contributed by atoms with Crippen LogP contribution in [0.2, 0.25) is 0 Å². The third-order valence-corrected chi connectivity index (χ3v) is 8.89. The average Bonchev–Trinajstić information content (AvgIpc) is 3.11. The van der Waals surface area contributed by atoms with E-state index >= 15 is 0 Å². The highest BCUT2D eigenvalue weighted by Crippen LogP contribution is 2.58. The van der Waals surface area contributed by atoms with Gasteiger partial charge in [-0.25, -0.2) is 4.39 Å². The third kappa shape index (κ3) is 4.69. The highest BCUT2D eigenvalue weighted by atomic mass is 32.1. The van der Waals surface area contributed by atoms with Gasteiger partial charge in [-0.2, -0.15) is 0 Å². The standard InChI is InChI=1S/C26H31FN2O4S/c1-17-16-34-25(32)28(17)7-6-24(31)33-15-23(30)29(14-18-2-4-22(27)5-3-18)26-11-19-8-20(12-26)10-21(9-19)13-26/h2-5,16,19-21H,6-15H2,1H3. The normalized spacial score (nSPS) is 27.1. The van der Waals surface area contributed by atoms with Crippen LogP contribution in [0, 0.1) is 30.5 Å². The summed E-state index contributed by atoms with van der Waals surface area (Å²) in [5, 5.41) is 1.76. The largest absolute Gasteiger partial charge is 0.456 e. The van der Waals surface area contributed by atoms with E-state index in [0.717, 1.165) is 41.9 Å². The fourth-order valence-corrected chi connectivity index (χ4v) is 7.62. The Bertz CT molecular complexity index is 1090. The van der Waals surface area contributed by atoms with Gasteiger partial charge in [0, 0.05) is 29.7 Å². The van der Waals surface area contributed by atoms with Gasteiger partial charge < -0.3 is 14.2 Å². The van der Waals surface area contributed by atoms with Crippen LogP contribution in [-0.2, 0) is 27.4 Å². The third-order valence-electron chi connectivity index (χ3n) is 8.01. The van der Waals surface area contributed by atoms with Crippen molar-refractivity contribution < 1.29 is 18.7 Å². The molecule has 182 valence electrons. The smallest absolute Gasteiger partial charge is 0.308 e. The van der Waals surface area contributed by atoms with Crippen molar-refractivity contribution in [1.82, 2.24) is 9.47 Å². The molecule has 0 N–H and O–H groups in total. The Morgan fingerprint density at radius 3 is 2.29 bits per heavy atom. The molecule has 1 aromatic carbocycles. The van der Waals surface area contributed by atoms with E-state index in [0.29, 0.717) is 24.3 Å². The molecule has 4 saturated carbocycles. The zero-order valence-electron chi connectivity index (χ0n) is 19.5. The van der Waals surface area contributed by atoms with E-state index < -0.39 is 5.97 Å². The van der Waals surface area contributed by atoms with Crippen molar-refractivity contribution in [2.24, 2.45) is 17.8 Å². The number of esters is 1. The molecule has 1 heterocycles. The van der Waals surface area contributed by atoms with Gasteiger partial charge in [-0.3, -0.25) is 14.4 Å². The molecule has 0 saturated heterocycles. The van der Waals surface area contributed by atoms with E-state index in [9.17, 15) is 18.8 Å². The van der Waals surface area contributed by atoms with E-state index in [1.165, 1.54) is 31.4 Å². The van der Waals surface area contributed by atoms with Crippen molar-refractivity contribution >= 4 is 23.2 Å². The van der Waals surface area contributed by atoms with E-state index in [1.54, 1.807) is 22.1 Å². The lowest BCUT2D eigenvalue weighted by molar-refractivity contribution is -0.163. The van der Waals surface area contributed by atoms with Gasteiger partial charge in [-0.1, -0.05) is 23.5 Å². The second-order valence-electron chi connectivity index (χ2n) is 10.5. The van der Waals surface area contributed by atoms with E-state index in [4.69, 9.17) is 4.74 Å². The van der Waals surface area contributed by atoms with Crippen molar-refractivity contribution in [3.63, 3.8) is 0 Å². The number of nitrogens with zero attached hydrogens (tertiary/aromatic N) is 2. The second kappa shape index (κ2) is 9.29. The van der Waals surface area contributed by atoms with Gasteiger partial charge in [0.1, 0.15) is 5.82 Å². The number of carbonyl (C=O) groups is 2. The molecule has 6 rings (SSSR count). The molecule has 6 nitrogen and oxygen atoms in total. The van der Waals surface area contributed by atoms with Crippen molar-refractivity contribution in [1.29, 1.82) is 0 Å². The quantitative estimate of drug-likeness (QED) is 0.522. The minimum atomic E-state index is -0.488. The molecule has 1 aromatic heterocycles. The molecule has 0 atom stereocenters. The number of amides is 1. The van der Waals surface area contributed by atoms with Crippen LogP contribution in [0.1, 0.15) is 56.2 Å². The Morgan fingerprint density at radius 1 is 1.12 bits per heavy atom. The molecule has 4 fully saturated rings. The zero-order chi connectivity index (χ0) is 23.9. The van der Waals surface area contributed by atoms with E-state index in [2.05, 4.69) is 0 Å². The SMILES string of the molecule is Cc1csc(=O)n1CCC(=O)OCC(=O)N(Cc1ccc(F)cc1)C12CC3CC(CC(C3)C1)C2. The summed E-state index contributed by atoms with van der Waals surface area (Å²) in [6.45, 7) is 2.16. The monoisotopic (exact) mass is 486 g/mol. The molecule has 8 heteroatoms. The van der Waals surface area contributed by atoms with Crippen LogP contribution in [0.25, 0.3) is 0 Å². The molecule has 4 aliphatic carbocycles. The summed E-state index contributed by atoms with van der Waals surface area (Å²) in [5.41, 5.74) is 1.49. The second-order valence-corrected chi connectivity index (χ2v) is 11.3. The van der Waals surface area contributed by atoms with Crippen LogP contribution in [0.15, 0.2) is 34.4 Å². The maximum absolute atomic E-state index is 13.5. The number of aromatic nitrogens is 1. The van der Waals surface area contributed by atoms with Crippen LogP contribution in [0.3, 0.4) is 0 Å². The maximum atomic E-state index is 13.5. The number of ether oxygens (including phenoxy) is 1. The van der Waals surface area contributed by atoms with Crippen molar-refractivity contribution in [2.45, 2.75) is 70.5 Å². The summed E-state index contributed by atoms with van der Waals surface area (Å²) in [5.74, 6) is 0.991. The molecule has 1 amide bonds. The fraction of sp³-hybridized carbons (Fsp3) is 0.577. The topological polar surface area (TPSA) is 68.6 Å². The Balaban J connectivity index is 1.28. The maximum Gasteiger partial charge on any atom is 0.308 e. The predicted octanol–water partition coefficient (Wildman–Crippen LogP) is 4.29. The number of thiazole rings is 1. The minimum absolute atomic E-state index is 0.0418. The first-order chi connectivity index (χ1) is 16.3. The lowest BCUT2D eigenvalue weighted by atomic mass is 9.52. The van der Waals surface area contributed by atoms with Gasteiger partial charge >= 0.3 is 10.8 Å². The van der Waals surface area contributed by atoms with E-state index in [-0.39, 0.29) is 41.7 Å². The lowest BCUT2D eigenvalue weighted by Crippen LogP contribution is -2.61. The Morgan fingerprint density at radius 2 is 1.74 bits per heavy atom. The summed E-state index contributed by atoms with van der Waals surface area (Å²) >= 11 is 1.10. The molecule has 4 aliphatic rings. The summed E-state index contributed by atoms with van der Waals surface area (Å²) in [4.78, 5) is 39.6. The Labute approximate surface area is 202 Å². The van der Waals surface area contributed by atoms with Crippen LogP contribution < -0.4 is 4.87 Å². The van der Waals surface area contributed by atoms with Crippen molar-refractivity contribution in [3.05, 3.63) is 56.4 Å². The van der Waals surface area contributed by atoms with Crippen molar-refractivity contribution in [3.8, 4) is 0 Å². The number of carbonyl (C=O) groups excluding carboxylic acids is 2. The molecule has 2 aromatic rings. The summed E-state index contributed by atoms with van der Waals surface area (Å²) in [7, 11) is 0. The molecule has 34 heavy (non-hydrogen) atoms. The first-order valence-electron chi connectivity index (χ1n) is 12.2. The zero-order valence-corrected chi connectivity index (χ0v) is 20.3. The first-order valence-corrected chi connectivity index (χ1v) is 13.0. The number of hydrogen-bond acceptors (Lipinski definition) is 5. The van der Waals surface area contributed by atoms with Crippen molar-refractivity contribution in [2.75, 3.05) is 6.61 Å². The van der Waals surface area contributed by atoms with Crippen LogP contribution in [-0.4, -0.2) is 33.5 Å². The Hall–Kier alpha value is -2.48. The molecular weight excluding hydrogens is 455 g/mol. The summed E-state index contributed by atoms with van der Waals surface area (Å²) in [6.07, 6.45) is 6.82. The average molecular weight is 487 g/mol. The first kappa shape index (κ1) is 23.3. The summed E-state index contributed by atoms with van der Waals surface area (Å²) in [6, 6.07) is 6.30. The predicted molar refractivity (Wildman–Crippen MR) is 127 cm³/mol. The number of hydrogen-bond donors (Lipinski definition) is 0. The minimum Gasteiger partial charge on any atom is -0.456 e. The molecule has 4 bridgehead atoms. The number of rotatable bonds is 8. The molecule has 0 spiro atoms. The van der Waals surface area contributed by atoms with Crippen LogP contribution in [0.4, 0.5) is 4.39 Å². The number of benzene rings is 1. The number of halogens is 1. The van der Waals surface area contributed by atoms with Gasteiger partial charge in [-0.15, -0.1) is 0 Å².